The second-order valence-corrected chi connectivity index (χ2v) is 4.32. The van der Waals surface area contributed by atoms with E-state index in [1.807, 2.05) is 12.1 Å². The zero-order valence-electron chi connectivity index (χ0n) is 9.52. The number of rotatable bonds is 6. The molecule has 0 aliphatic rings. The molecule has 0 aromatic heterocycles. The van der Waals surface area contributed by atoms with Crippen LogP contribution in [0.1, 0.15) is 25.3 Å². The lowest BCUT2D eigenvalue weighted by atomic mass is 9.95. The number of hydrogen-bond donors (Lipinski definition) is 1. The van der Waals surface area contributed by atoms with Crippen LogP contribution in [-0.4, -0.2) is 6.04 Å². The van der Waals surface area contributed by atoms with Gasteiger partial charge in [0.05, 0.1) is 0 Å². The predicted octanol–water partition coefficient (Wildman–Crippen LogP) is 3.16. The van der Waals surface area contributed by atoms with Gasteiger partial charge in [-0.15, -0.1) is 6.58 Å². The second kappa shape index (κ2) is 6.41. The van der Waals surface area contributed by atoms with E-state index in [0.29, 0.717) is 5.92 Å². The SMILES string of the molecule is C=CCC(C)CC(N)Cc1ccccc1. The molecule has 0 saturated carbocycles. The summed E-state index contributed by atoms with van der Waals surface area (Å²) >= 11 is 0. The fourth-order valence-corrected chi connectivity index (χ4v) is 1.90. The van der Waals surface area contributed by atoms with Crippen molar-refractivity contribution in [3.63, 3.8) is 0 Å². The maximum absolute atomic E-state index is 6.10. The van der Waals surface area contributed by atoms with E-state index < -0.39 is 0 Å². The first kappa shape index (κ1) is 12.0. The van der Waals surface area contributed by atoms with Gasteiger partial charge in [-0.05, 0) is 30.7 Å². The van der Waals surface area contributed by atoms with Crippen molar-refractivity contribution < 1.29 is 0 Å². The summed E-state index contributed by atoms with van der Waals surface area (Å²) in [6, 6.07) is 10.7. The molecule has 15 heavy (non-hydrogen) atoms. The zero-order valence-corrected chi connectivity index (χ0v) is 9.52. The van der Waals surface area contributed by atoms with E-state index in [2.05, 4.69) is 37.8 Å². The molecule has 1 aromatic carbocycles. The van der Waals surface area contributed by atoms with Crippen molar-refractivity contribution in [2.45, 2.75) is 32.2 Å². The second-order valence-electron chi connectivity index (χ2n) is 4.32. The van der Waals surface area contributed by atoms with E-state index in [9.17, 15) is 0 Å². The molecule has 0 bridgehead atoms. The van der Waals surface area contributed by atoms with Gasteiger partial charge >= 0.3 is 0 Å². The molecule has 0 fully saturated rings. The highest BCUT2D eigenvalue weighted by molar-refractivity contribution is 5.15. The molecular formula is C14H21N. The summed E-state index contributed by atoms with van der Waals surface area (Å²) < 4.78 is 0. The van der Waals surface area contributed by atoms with E-state index in [4.69, 9.17) is 5.73 Å². The fraction of sp³-hybridized carbons (Fsp3) is 0.429. The Morgan fingerprint density at radius 1 is 1.33 bits per heavy atom. The molecule has 82 valence electrons. The van der Waals surface area contributed by atoms with Crippen molar-refractivity contribution in [2.75, 3.05) is 0 Å². The third-order valence-electron chi connectivity index (χ3n) is 2.61. The molecule has 2 unspecified atom stereocenters. The highest BCUT2D eigenvalue weighted by atomic mass is 14.6. The van der Waals surface area contributed by atoms with Crippen molar-refractivity contribution in [1.82, 2.24) is 0 Å². The first-order valence-electron chi connectivity index (χ1n) is 5.62. The third kappa shape index (κ3) is 4.80. The van der Waals surface area contributed by atoms with Gasteiger partial charge in [-0.25, -0.2) is 0 Å². The van der Waals surface area contributed by atoms with Gasteiger partial charge in [-0.1, -0.05) is 43.3 Å². The van der Waals surface area contributed by atoms with Gasteiger partial charge in [0.2, 0.25) is 0 Å². The number of hydrogen-bond acceptors (Lipinski definition) is 1. The van der Waals surface area contributed by atoms with Crippen LogP contribution in [0.3, 0.4) is 0 Å². The predicted molar refractivity (Wildman–Crippen MR) is 66.7 cm³/mol. The Balaban J connectivity index is 2.36. The highest BCUT2D eigenvalue weighted by Crippen LogP contribution is 2.12. The average Bonchev–Trinajstić information content (AvgIpc) is 2.19. The van der Waals surface area contributed by atoms with Crippen molar-refractivity contribution in [2.24, 2.45) is 11.7 Å². The summed E-state index contributed by atoms with van der Waals surface area (Å²) in [6.07, 6.45) is 5.08. The first-order valence-corrected chi connectivity index (χ1v) is 5.62. The van der Waals surface area contributed by atoms with Gasteiger partial charge in [-0.2, -0.15) is 0 Å². The lowest BCUT2D eigenvalue weighted by molar-refractivity contribution is 0.465. The molecule has 0 saturated heterocycles. The maximum atomic E-state index is 6.10. The van der Waals surface area contributed by atoms with Crippen molar-refractivity contribution >= 4 is 0 Å². The molecule has 0 heterocycles. The zero-order chi connectivity index (χ0) is 11.1. The summed E-state index contributed by atoms with van der Waals surface area (Å²) in [7, 11) is 0. The molecule has 1 rings (SSSR count). The van der Waals surface area contributed by atoms with Crippen molar-refractivity contribution in [1.29, 1.82) is 0 Å². The molecule has 0 amide bonds. The molecule has 2 N–H and O–H groups in total. The maximum Gasteiger partial charge on any atom is 0.00819 e. The molecule has 0 aliphatic carbocycles. The summed E-state index contributed by atoms with van der Waals surface area (Å²) in [5, 5.41) is 0. The summed E-state index contributed by atoms with van der Waals surface area (Å²) in [6.45, 7) is 5.98. The standard InChI is InChI=1S/C14H21N/c1-3-7-12(2)10-14(15)11-13-8-5-4-6-9-13/h3-6,8-9,12,14H,1,7,10-11,15H2,2H3. The Kier molecular flexibility index (Phi) is 5.13. The lowest BCUT2D eigenvalue weighted by Crippen LogP contribution is -2.25. The lowest BCUT2D eigenvalue weighted by Gasteiger charge is -2.15. The van der Waals surface area contributed by atoms with E-state index >= 15 is 0 Å². The molecule has 1 heteroatoms. The van der Waals surface area contributed by atoms with Crippen molar-refractivity contribution in [3.8, 4) is 0 Å². The topological polar surface area (TPSA) is 26.0 Å². The normalized spacial score (nSPS) is 14.5. The van der Waals surface area contributed by atoms with Crippen LogP contribution in [0.5, 0.6) is 0 Å². The van der Waals surface area contributed by atoms with Crippen LogP contribution in [0.4, 0.5) is 0 Å². The van der Waals surface area contributed by atoms with Gasteiger partial charge in [0.15, 0.2) is 0 Å². The van der Waals surface area contributed by atoms with E-state index in [0.717, 1.165) is 19.3 Å². The Labute approximate surface area is 93.0 Å². The molecule has 2 atom stereocenters. The minimum absolute atomic E-state index is 0.266. The summed E-state index contributed by atoms with van der Waals surface area (Å²) in [5.41, 5.74) is 7.43. The van der Waals surface area contributed by atoms with Gasteiger partial charge in [0, 0.05) is 6.04 Å². The number of allylic oxidation sites excluding steroid dienone is 1. The van der Waals surface area contributed by atoms with Gasteiger partial charge in [-0.3, -0.25) is 0 Å². The van der Waals surface area contributed by atoms with Gasteiger partial charge < -0.3 is 5.73 Å². The number of nitrogens with two attached hydrogens (primary N) is 1. The summed E-state index contributed by atoms with van der Waals surface area (Å²) in [4.78, 5) is 0. The van der Waals surface area contributed by atoms with E-state index in [1.165, 1.54) is 5.56 Å². The Morgan fingerprint density at radius 3 is 2.60 bits per heavy atom. The molecular weight excluding hydrogens is 182 g/mol. The highest BCUT2D eigenvalue weighted by Gasteiger charge is 2.08. The minimum atomic E-state index is 0.266. The van der Waals surface area contributed by atoms with Crippen LogP contribution >= 0.6 is 0 Å². The minimum Gasteiger partial charge on any atom is -0.327 e. The Bertz CT molecular complexity index is 279. The first-order chi connectivity index (χ1) is 7.22. The van der Waals surface area contributed by atoms with Crippen LogP contribution in [0, 0.1) is 5.92 Å². The largest absolute Gasteiger partial charge is 0.327 e. The molecule has 0 aliphatic heterocycles. The van der Waals surface area contributed by atoms with Gasteiger partial charge in [0.25, 0.3) is 0 Å². The van der Waals surface area contributed by atoms with Crippen LogP contribution < -0.4 is 5.73 Å². The van der Waals surface area contributed by atoms with E-state index in [1.54, 1.807) is 0 Å². The summed E-state index contributed by atoms with van der Waals surface area (Å²) in [5.74, 6) is 0.640. The van der Waals surface area contributed by atoms with E-state index in [-0.39, 0.29) is 6.04 Å². The van der Waals surface area contributed by atoms with Crippen LogP contribution in [0.15, 0.2) is 43.0 Å². The fourth-order valence-electron chi connectivity index (χ4n) is 1.90. The quantitative estimate of drug-likeness (QED) is 0.706. The van der Waals surface area contributed by atoms with Crippen molar-refractivity contribution in [3.05, 3.63) is 48.6 Å². The monoisotopic (exact) mass is 203 g/mol. The average molecular weight is 203 g/mol. The Hall–Kier alpha value is -1.08. The van der Waals surface area contributed by atoms with Crippen LogP contribution in [0.25, 0.3) is 0 Å². The molecule has 0 radical (unpaired) electrons. The number of benzene rings is 1. The molecule has 0 spiro atoms. The molecule has 1 nitrogen and oxygen atoms in total. The van der Waals surface area contributed by atoms with Crippen LogP contribution in [0.2, 0.25) is 0 Å². The third-order valence-corrected chi connectivity index (χ3v) is 2.61. The smallest absolute Gasteiger partial charge is 0.00819 e. The van der Waals surface area contributed by atoms with Gasteiger partial charge in [0.1, 0.15) is 0 Å². The Morgan fingerprint density at radius 2 is 2.00 bits per heavy atom. The molecule has 1 aromatic rings. The van der Waals surface area contributed by atoms with Crippen LogP contribution in [-0.2, 0) is 6.42 Å².